The van der Waals surface area contributed by atoms with Crippen LogP contribution in [-0.2, 0) is 0 Å². The van der Waals surface area contributed by atoms with E-state index in [1.165, 1.54) is 11.8 Å². The molecule has 0 spiro atoms. The van der Waals surface area contributed by atoms with Gasteiger partial charge in [0.05, 0.1) is 5.52 Å². The van der Waals surface area contributed by atoms with Gasteiger partial charge in [0, 0.05) is 23.3 Å². The summed E-state index contributed by atoms with van der Waals surface area (Å²) >= 11 is 7.45. The molecule has 100 valence electrons. The molecule has 6 heteroatoms. The fourth-order valence-electron chi connectivity index (χ4n) is 1.90. The Kier molecular flexibility index (Phi) is 3.71. The molecule has 0 fully saturated rings. The van der Waals surface area contributed by atoms with Gasteiger partial charge in [-0.15, -0.1) is 0 Å². The van der Waals surface area contributed by atoms with Crippen molar-refractivity contribution >= 4 is 45.8 Å². The summed E-state index contributed by atoms with van der Waals surface area (Å²) in [5.74, 6) is 0.672. The van der Waals surface area contributed by atoms with E-state index >= 15 is 0 Å². The number of thioether (sulfide) groups is 1. The minimum absolute atomic E-state index is 0.421. The zero-order chi connectivity index (χ0) is 13.9. The van der Waals surface area contributed by atoms with Crippen LogP contribution in [0.2, 0.25) is 5.15 Å². The van der Waals surface area contributed by atoms with E-state index < -0.39 is 0 Å². The van der Waals surface area contributed by atoms with Crippen LogP contribution in [-0.4, -0.2) is 21.2 Å². The maximum atomic E-state index is 6.00. The Hall–Kier alpha value is -1.85. The highest BCUT2D eigenvalue weighted by Crippen LogP contribution is 2.26. The van der Waals surface area contributed by atoms with Crippen molar-refractivity contribution in [2.45, 2.75) is 5.16 Å². The Morgan fingerprint density at radius 1 is 1.15 bits per heavy atom. The number of anilines is 2. The molecule has 4 nitrogen and oxygen atoms in total. The molecule has 0 aliphatic carbocycles. The van der Waals surface area contributed by atoms with E-state index in [1.54, 1.807) is 12.3 Å². The van der Waals surface area contributed by atoms with Crippen molar-refractivity contribution in [2.75, 3.05) is 11.6 Å². The zero-order valence-electron chi connectivity index (χ0n) is 10.7. The molecule has 0 aliphatic heterocycles. The van der Waals surface area contributed by atoms with Gasteiger partial charge < -0.3 is 5.32 Å². The highest BCUT2D eigenvalue weighted by atomic mass is 35.5. The van der Waals surface area contributed by atoms with Crippen molar-refractivity contribution < 1.29 is 0 Å². The smallest absolute Gasteiger partial charge is 0.190 e. The fourth-order valence-corrected chi connectivity index (χ4v) is 2.52. The molecule has 0 saturated carbocycles. The molecule has 2 aromatic heterocycles. The first kappa shape index (κ1) is 13.1. The molecule has 3 rings (SSSR count). The van der Waals surface area contributed by atoms with Crippen LogP contribution in [0.5, 0.6) is 0 Å². The number of fused-ring (bicyclic) bond motifs is 1. The highest BCUT2D eigenvalue weighted by Gasteiger charge is 2.05. The fraction of sp³-hybridized carbons (Fsp3) is 0.0714. The van der Waals surface area contributed by atoms with Crippen LogP contribution in [0.3, 0.4) is 0 Å². The Balaban J connectivity index is 2.03. The molecule has 0 bridgehead atoms. The number of aromatic nitrogens is 3. The molecular weight excluding hydrogens is 292 g/mol. The molecule has 3 aromatic rings. The van der Waals surface area contributed by atoms with Crippen molar-refractivity contribution in [3.8, 4) is 0 Å². The highest BCUT2D eigenvalue weighted by molar-refractivity contribution is 7.98. The monoisotopic (exact) mass is 302 g/mol. The average molecular weight is 303 g/mol. The molecule has 0 unspecified atom stereocenters. The number of nitrogens with zero attached hydrogens (tertiary/aromatic N) is 3. The van der Waals surface area contributed by atoms with Crippen LogP contribution >= 0.6 is 23.4 Å². The van der Waals surface area contributed by atoms with E-state index in [0.717, 1.165) is 16.6 Å². The number of pyridine rings is 1. The first-order valence-corrected chi connectivity index (χ1v) is 7.56. The summed E-state index contributed by atoms with van der Waals surface area (Å²) in [7, 11) is 0. The summed E-state index contributed by atoms with van der Waals surface area (Å²) < 4.78 is 0. The van der Waals surface area contributed by atoms with Gasteiger partial charge in [0.15, 0.2) is 5.16 Å². The lowest BCUT2D eigenvalue weighted by molar-refractivity contribution is 0.976. The summed E-state index contributed by atoms with van der Waals surface area (Å²) in [4.78, 5) is 12.8. The van der Waals surface area contributed by atoms with E-state index in [-0.39, 0.29) is 0 Å². The average Bonchev–Trinajstić information content (AvgIpc) is 2.47. The topological polar surface area (TPSA) is 50.7 Å². The molecule has 2 heterocycles. The second kappa shape index (κ2) is 5.64. The van der Waals surface area contributed by atoms with Crippen LogP contribution in [0.4, 0.5) is 11.5 Å². The predicted octanol–water partition coefficient (Wildman–Crippen LogP) is 4.14. The minimum atomic E-state index is 0.421. The van der Waals surface area contributed by atoms with Gasteiger partial charge in [0.1, 0.15) is 11.0 Å². The van der Waals surface area contributed by atoms with Crippen LogP contribution < -0.4 is 5.32 Å². The summed E-state index contributed by atoms with van der Waals surface area (Å²) in [6.45, 7) is 0. The largest absolute Gasteiger partial charge is 0.340 e. The molecule has 20 heavy (non-hydrogen) atoms. The van der Waals surface area contributed by atoms with Crippen LogP contribution in [0.15, 0.2) is 47.8 Å². The van der Waals surface area contributed by atoms with Gasteiger partial charge in [-0.2, -0.15) is 0 Å². The molecule has 0 radical (unpaired) electrons. The third kappa shape index (κ3) is 2.69. The van der Waals surface area contributed by atoms with E-state index in [2.05, 4.69) is 20.3 Å². The van der Waals surface area contributed by atoms with Gasteiger partial charge in [-0.05, 0) is 30.5 Å². The van der Waals surface area contributed by atoms with Crippen molar-refractivity contribution in [3.63, 3.8) is 0 Å². The third-order valence-electron chi connectivity index (χ3n) is 2.77. The zero-order valence-corrected chi connectivity index (χ0v) is 12.2. The SMILES string of the molecule is CSc1nc(Cl)cc(Nc2cccc3ncccc23)n1. The second-order valence-corrected chi connectivity index (χ2v) is 5.22. The van der Waals surface area contributed by atoms with E-state index in [1.807, 2.05) is 36.6 Å². The molecule has 0 saturated heterocycles. The molecule has 0 amide bonds. The number of hydrogen-bond donors (Lipinski definition) is 1. The molecule has 1 aromatic carbocycles. The van der Waals surface area contributed by atoms with Gasteiger partial charge >= 0.3 is 0 Å². The van der Waals surface area contributed by atoms with E-state index in [9.17, 15) is 0 Å². The Labute approximate surface area is 125 Å². The quantitative estimate of drug-likeness (QED) is 0.447. The van der Waals surface area contributed by atoms with Crippen LogP contribution in [0.25, 0.3) is 10.9 Å². The molecule has 0 aliphatic rings. The summed E-state index contributed by atoms with van der Waals surface area (Å²) in [6.07, 6.45) is 3.69. The lowest BCUT2D eigenvalue weighted by atomic mass is 10.2. The Bertz CT molecular complexity index is 758. The summed E-state index contributed by atoms with van der Waals surface area (Å²) in [5.41, 5.74) is 1.88. The Morgan fingerprint density at radius 2 is 2.05 bits per heavy atom. The lowest BCUT2D eigenvalue weighted by Gasteiger charge is -2.09. The van der Waals surface area contributed by atoms with Gasteiger partial charge in [-0.25, -0.2) is 9.97 Å². The summed E-state index contributed by atoms with van der Waals surface area (Å²) in [6, 6.07) is 11.5. The number of hydrogen-bond acceptors (Lipinski definition) is 5. The number of halogens is 1. The second-order valence-electron chi connectivity index (χ2n) is 4.06. The first-order chi connectivity index (χ1) is 9.76. The maximum Gasteiger partial charge on any atom is 0.190 e. The van der Waals surface area contributed by atoms with Gasteiger partial charge in [0.2, 0.25) is 0 Å². The van der Waals surface area contributed by atoms with E-state index in [0.29, 0.717) is 16.1 Å². The lowest BCUT2D eigenvalue weighted by Crippen LogP contribution is -1.97. The molecule has 0 atom stereocenters. The summed E-state index contributed by atoms with van der Waals surface area (Å²) in [5, 5.41) is 5.37. The number of benzene rings is 1. The van der Waals surface area contributed by atoms with Gasteiger partial charge in [-0.3, -0.25) is 4.98 Å². The Morgan fingerprint density at radius 3 is 2.90 bits per heavy atom. The van der Waals surface area contributed by atoms with Crippen molar-refractivity contribution in [3.05, 3.63) is 47.7 Å². The van der Waals surface area contributed by atoms with Crippen LogP contribution in [0, 0.1) is 0 Å². The van der Waals surface area contributed by atoms with Crippen LogP contribution in [0.1, 0.15) is 0 Å². The standard InChI is InChI=1S/C14H11ClN4S/c1-20-14-18-12(15)8-13(19-14)17-11-6-2-5-10-9(11)4-3-7-16-10/h2-8H,1H3,(H,17,18,19). The van der Waals surface area contributed by atoms with Crippen molar-refractivity contribution in [1.29, 1.82) is 0 Å². The maximum absolute atomic E-state index is 6.00. The minimum Gasteiger partial charge on any atom is -0.340 e. The normalized spacial score (nSPS) is 10.7. The van der Waals surface area contributed by atoms with Crippen molar-refractivity contribution in [2.24, 2.45) is 0 Å². The number of nitrogens with one attached hydrogen (secondary N) is 1. The predicted molar refractivity (Wildman–Crippen MR) is 83.8 cm³/mol. The first-order valence-electron chi connectivity index (χ1n) is 5.95. The van der Waals surface area contributed by atoms with Gasteiger partial charge in [-0.1, -0.05) is 29.4 Å². The number of rotatable bonds is 3. The van der Waals surface area contributed by atoms with Gasteiger partial charge in [0.25, 0.3) is 0 Å². The van der Waals surface area contributed by atoms with E-state index in [4.69, 9.17) is 11.6 Å². The third-order valence-corrected chi connectivity index (χ3v) is 3.51. The van der Waals surface area contributed by atoms with Crippen molar-refractivity contribution in [1.82, 2.24) is 15.0 Å². The molecular formula is C14H11ClN4S. The molecule has 1 N–H and O–H groups in total.